The monoisotopic (exact) mass is 408 g/mol. The molecular weight excluding hydrogens is 385 g/mol. The molecule has 0 bridgehead atoms. The molecule has 156 valence electrons. The van der Waals surface area contributed by atoms with Crippen LogP contribution in [0.1, 0.15) is 12.5 Å². The molecule has 0 spiro atoms. The average Bonchev–Trinajstić information content (AvgIpc) is 2.70. The molecule has 0 heterocycles. The Balaban J connectivity index is 1.80. The van der Waals surface area contributed by atoms with E-state index >= 15 is 0 Å². The Hall–Kier alpha value is -3.23. The van der Waals surface area contributed by atoms with E-state index in [4.69, 9.17) is 4.74 Å². The average molecular weight is 408 g/mol. The summed E-state index contributed by atoms with van der Waals surface area (Å²) in [5.41, 5.74) is 0.571. The van der Waals surface area contributed by atoms with Crippen molar-refractivity contribution in [1.29, 1.82) is 0 Å². The molecule has 0 aliphatic carbocycles. The summed E-state index contributed by atoms with van der Waals surface area (Å²) >= 11 is 0. The van der Waals surface area contributed by atoms with E-state index in [-0.39, 0.29) is 12.6 Å². The van der Waals surface area contributed by atoms with Gasteiger partial charge in [0.25, 0.3) is 0 Å². The van der Waals surface area contributed by atoms with Crippen LogP contribution in [0.2, 0.25) is 0 Å². The molecule has 29 heavy (non-hydrogen) atoms. The Morgan fingerprint density at radius 1 is 1.10 bits per heavy atom. The van der Waals surface area contributed by atoms with E-state index in [0.717, 1.165) is 23.4 Å². The lowest BCUT2D eigenvalue weighted by atomic mass is 10.2. The third-order valence-electron chi connectivity index (χ3n) is 3.93. The van der Waals surface area contributed by atoms with Crippen LogP contribution >= 0.6 is 0 Å². The number of nitrogens with one attached hydrogen (secondary N) is 3. The van der Waals surface area contributed by atoms with Crippen LogP contribution in [0.5, 0.6) is 5.75 Å². The Labute approximate surface area is 167 Å². The van der Waals surface area contributed by atoms with Crippen LogP contribution in [0, 0.1) is 24.4 Å². The van der Waals surface area contributed by atoms with E-state index in [2.05, 4.69) is 20.9 Å². The van der Waals surface area contributed by atoms with Gasteiger partial charge in [-0.25, -0.2) is 13.2 Å². The molecule has 9 heteroatoms. The summed E-state index contributed by atoms with van der Waals surface area (Å²) in [6.07, 6.45) is -0.181. The number of aryl methyl sites for hydroxylation is 1. The zero-order chi connectivity index (χ0) is 21.4. The number of ether oxygens (including phenoxy) is 1. The number of amides is 1. The summed E-state index contributed by atoms with van der Waals surface area (Å²) in [5.74, 6) is -3.98. The lowest BCUT2D eigenvalue weighted by Gasteiger charge is -2.18. The number of nitrogens with zero attached hydrogens (tertiary/aromatic N) is 1. The lowest BCUT2D eigenvalue weighted by molar-refractivity contribution is -0.115. The molecular formula is C20H23F3N4O2. The first-order valence-corrected chi connectivity index (χ1v) is 8.92. The van der Waals surface area contributed by atoms with Crippen LogP contribution in [-0.2, 0) is 4.79 Å². The number of aliphatic imine (C=N–C) groups is 1. The van der Waals surface area contributed by atoms with E-state index in [1.54, 1.807) is 0 Å². The highest BCUT2D eigenvalue weighted by Gasteiger charge is 2.15. The molecule has 1 amide bonds. The molecule has 2 aromatic carbocycles. The van der Waals surface area contributed by atoms with Gasteiger partial charge in [-0.05, 0) is 37.6 Å². The van der Waals surface area contributed by atoms with E-state index in [0.29, 0.717) is 12.5 Å². The van der Waals surface area contributed by atoms with Gasteiger partial charge in [0.1, 0.15) is 11.9 Å². The van der Waals surface area contributed by atoms with Gasteiger partial charge in [-0.3, -0.25) is 9.79 Å². The van der Waals surface area contributed by atoms with E-state index in [1.165, 1.54) is 7.05 Å². The second kappa shape index (κ2) is 10.4. The number of hydrogen-bond donors (Lipinski definition) is 3. The molecule has 0 radical (unpaired) electrons. The van der Waals surface area contributed by atoms with E-state index in [1.807, 2.05) is 38.1 Å². The molecule has 0 saturated carbocycles. The maximum absolute atomic E-state index is 13.6. The Morgan fingerprint density at radius 2 is 1.83 bits per heavy atom. The number of hydrogen-bond acceptors (Lipinski definition) is 3. The molecule has 0 aliphatic heterocycles. The van der Waals surface area contributed by atoms with Crippen LogP contribution in [-0.4, -0.2) is 38.1 Å². The van der Waals surface area contributed by atoms with Crippen molar-refractivity contribution in [1.82, 2.24) is 10.6 Å². The van der Waals surface area contributed by atoms with Gasteiger partial charge in [0.2, 0.25) is 5.91 Å². The zero-order valence-corrected chi connectivity index (χ0v) is 16.4. The minimum absolute atomic E-state index is 0.181. The lowest BCUT2D eigenvalue weighted by Crippen LogP contribution is -2.44. The van der Waals surface area contributed by atoms with Crippen LogP contribution in [0.3, 0.4) is 0 Å². The van der Waals surface area contributed by atoms with Crippen LogP contribution in [0.25, 0.3) is 0 Å². The first kappa shape index (κ1) is 22.1. The van der Waals surface area contributed by atoms with Gasteiger partial charge in [0.05, 0.1) is 18.8 Å². The van der Waals surface area contributed by atoms with E-state index < -0.39 is 29.0 Å². The Bertz CT molecular complexity index is 890. The maximum atomic E-state index is 13.6. The van der Waals surface area contributed by atoms with Crippen molar-refractivity contribution in [2.24, 2.45) is 4.99 Å². The van der Waals surface area contributed by atoms with Crippen molar-refractivity contribution >= 4 is 17.6 Å². The number of halogens is 3. The predicted octanol–water partition coefficient (Wildman–Crippen LogP) is 2.98. The summed E-state index contributed by atoms with van der Waals surface area (Å²) in [4.78, 5) is 15.9. The fourth-order valence-electron chi connectivity index (χ4n) is 2.39. The summed E-state index contributed by atoms with van der Waals surface area (Å²) in [5, 5.41) is 7.92. The molecule has 2 rings (SSSR count). The predicted molar refractivity (Wildman–Crippen MR) is 106 cm³/mol. The van der Waals surface area contributed by atoms with E-state index in [9.17, 15) is 18.0 Å². The molecule has 0 fully saturated rings. The van der Waals surface area contributed by atoms with Crippen molar-refractivity contribution in [2.45, 2.75) is 20.0 Å². The Morgan fingerprint density at radius 3 is 2.52 bits per heavy atom. The number of benzene rings is 2. The highest BCUT2D eigenvalue weighted by atomic mass is 19.2. The first-order chi connectivity index (χ1) is 13.8. The zero-order valence-electron chi connectivity index (χ0n) is 16.4. The molecule has 0 aromatic heterocycles. The highest BCUT2D eigenvalue weighted by molar-refractivity contribution is 5.95. The van der Waals surface area contributed by atoms with Crippen molar-refractivity contribution in [3.63, 3.8) is 0 Å². The van der Waals surface area contributed by atoms with Crippen molar-refractivity contribution in [3.8, 4) is 5.75 Å². The third kappa shape index (κ3) is 6.41. The number of anilines is 1. The van der Waals surface area contributed by atoms with Gasteiger partial charge >= 0.3 is 0 Å². The van der Waals surface area contributed by atoms with Gasteiger partial charge in [-0.2, -0.15) is 0 Å². The smallest absolute Gasteiger partial charge is 0.243 e. The molecule has 1 unspecified atom stereocenters. The molecule has 0 aliphatic rings. The minimum atomic E-state index is -1.64. The largest absolute Gasteiger partial charge is 0.489 e. The van der Waals surface area contributed by atoms with Crippen LogP contribution in [0.15, 0.2) is 41.4 Å². The molecule has 1 atom stereocenters. The quantitative estimate of drug-likeness (QED) is 0.374. The topological polar surface area (TPSA) is 74.8 Å². The Kier molecular flexibility index (Phi) is 7.88. The summed E-state index contributed by atoms with van der Waals surface area (Å²) < 4.78 is 45.6. The molecule has 0 saturated heterocycles. The van der Waals surface area contributed by atoms with Gasteiger partial charge < -0.3 is 20.7 Å². The second-order valence-corrected chi connectivity index (χ2v) is 6.27. The van der Waals surface area contributed by atoms with Crippen LogP contribution in [0.4, 0.5) is 18.9 Å². The maximum Gasteiger partial charge on any atom is 0.243 e. The van der Waals surface area contributed by atoms with Crippen molar-refractivity contribution in [2.75, 3.05) is 25.5 Å². The fraction of sp³-hybridized carbons (Fsp3) is 0.300. The highest BCUT2D eigenvalue weighted by Crippen LogP contribution is 2.19. The first-order valence-electron chi connectivity index (χ1n) is 8.92. The molecule has 2 aromatic rings. The number of rotatable bonds is 7. The number of carbonyl (C=O) groups is 1. The standard InChI is InChI=1S/C20H23F3N4O2/c1-12-6-4-5-7-16(12)29-13(2)10-25-20(24-3)26-11-17(28)27-15-9-8-14(21)18(22)19(15)23/h4-9,13H,10-11H2,1-3H3,(H,27,28)(H2,24,25,26). The molecule has 6 nitrogen and oxygen atoms in total. The summed E-state index contributed by atoms with van der Waals surface area (Å²) in [6, 6.07) is 9.32. The van der Waals surface area contributed by atoms with Gasteiger partial charge in [-0.15, -0.1) is 0 Å². The summed E-state index contributed by atoms with van der Waals surface area (Å²) in [6.45, 7) is 3.98. The number of guanidine groups is 1. The van der Waals surface area contributed by atoms with Gasteiger partial charge in [-0.1, -0.05) is 18.2 Å². The minimum Gasteiger partial charge on any atom is -0.489 e. The van der Waals surface area contributed by atoms with Crippen molar-refractivity contribution < 1.29 is 22.7 Å². The van der Waals surface area contributed by atoms with Gasteiger partial charge in [0, 0.05) is 7.05 Å². The van der Waals surface area contributed by atoms with Crippen LogP contribution < -0.4 is 20.7 Å². The SMILES string of the molecule is CN=C(NCC(=O)Nc1ccc(F)c(F)c1F)NCC(C)Oc1ccccc1C. The third-order valence-corrected chi connectivity index (χ3v) is 3.93. The molecule has 3 N–H and O–H groups in total. The normalized spacial score (nSPS) is 12.3. The number of carbonyl (C=O) groups excluding carboxylic acids is 1. The second-order valence-electron chi connectivity index (χ2n) is 6.27. The number of para-hydroxylation sites is 1. The van der Waals surface area contributed by atoms with Crippen molar-refractivity contribution in [3.05, 3.63) is 59.4 Å². The van der Waals surface area contributed by atoms with Gasteiger partial charge in [0.15, 0.2) is 23.4 Å². The fourth-order valence-corrected chi connectivity index (χ4v) is 2.39. The summed E-state index contributed by atoms with van der Waals surface area (Å²) in [7, 11) is 1.52.